The van der Waals surface area contributed by atoms with Gasteiger partial charge < -0.3 is 0 Å². The highest BCUT2D eigenvalue weighted by Crippen LogP contribution is 2.24. The summed E-state index contributed by atoms with van der Waals surface area (Å²) in [6, 6.07) is 2.49. The maximum Gasteiger partial charge on any atom is 0.0470 e. The van der Waals surface area contributed by atoms with E-state index in [9.17, 15) is 0 Å². The minimum absolute atomic E-state index is 0.334. The summed E-state index contributed by atoms with van der Waals surface area (Å²) < 4.78 is 0. The number of aryl methyl sites for hydroxylation is 1. The first-order valence-corrected chi connectivity index (χ1v) is 5.17. The summed E-state index contributed by atoms with van der Waals surface area (Å²) >= 11 is 1.78. The molecule has 0 spiro atoms. The van der Waals surface area contributed by atoms with E-state index >= 15 is 0 Å². The minimum Gasteiger partial charge on any atom is -0.271 e. The average Bonchev–Trinajstić information content (AvgIpc) is 2.47. The maximum atomic E-state index is 5.47. The van der Waals surface area contributed by atoms with Crippen molar-refractivity contribution in [1.29, 1.82) is 0 Å². The Bertz CT molecular complexity index is 232. The number of hydrogen-bond donors (Lipinski definition) is 2. The van der Waals surface area contributed by atoms with Crippen LogP contribution < -0.4 is 11.3 Å². The Morgan fingerprint density at radius 1 is 1.67 bits per heavy atom. The molecule has 0 aromatic carbocycles. The van der Waals surface area contributed by atoms with Gasteiger partial charge in [0.05, 0.1) is 0 Å². The van der Waals surface area contributed by atoms with Crippen LogP contribution in [0, 0.1) is 6.92 Å². The molecule has 2 nitrogen and oxygen atoms in total. The molecule has 0 aliphatic heterocycles. The fraction of sp³-hybridized carbons (Fsp3) is 0.556. The number of hydrazine groups is 1. The molecule has 3 heteroatoms. The van der Waals surface area contributed by atoms with Crippen LogP contribution in [0.15, 0.2) is 11.4 Å². The van der Waals surface area contributed by atoms with Crippen LogP contribution in [-0.2, 0) is 0 Å². The summed E-state index contributed by atoms with van der Waals surface area (Å²) in [5.41, 5.74) is 4.20. The lowest BCUT2D eigenvalue weighted by atomic mass is 10.0. The van der Waals surface area contributed by atoms with Crippen LogP contribution in [0.5, 0.6) is 0 Å². The van der Waals surface area contributed by atoms with Crippen molar-refractivity contribution in [2.75, 3.05) is 0 Å². The minimum atomic E-state index is 0.334. The van der Waals surface area contributed by atoms with Gasteiger partial charge in [0.2, 0.25) is 0 Å². The largest absolute Gasteiger partial charge is 0.271 e. The fourth-order valence-corrected chi connectivity index (χ4v) is 2.14. The molecule has 1 heterocycles. The molecule has 0 fully saturated rings. The van der Waals surface area contributed by atoms with Gasteiger partial charge in [-0.25, -0.2) is 0 Å². The average molecular weight is 184 g/mol. The molecule has 0 bridgehead atoms. The second kappa shape index (κ2) is 4.60. The van der Waals surface area contributed by atoms with Crippen molar-refractivity contribution in [2.45, 2.75) is 32.7 Å². The molecule has 3 N–H and O–H groups in total. The van der Waals surface area contributed by atoms with Gasteiger partial charge in [-0.2, -0.15) is 0 Å². The van der Waals surface area contributed by atoms with Crippen molar-refractivity contribution >= 4 is 11.3 Å². The molecule has 1 unspecified atom stereocenters. The van der Waals surface area contributed by atoms with Gasteiger partial charge in [0.15, 0.2) is 0 Å². The molecule has 1 atom stereocenters. The first kappa shape index (κ1) is 9.71. The van der Waals surface area contributed by atoms with Gasteiger partial charge in [-0.3, -0.25) is 11.3 Å². The van der Waals surface area contributed by atoms with E-state index in [0.717, 1.165) is 12.8 Å². The standard InChI is InChI=1S/C9H16N2S/c1-3-4-9(11-10)8-5-6-12-7(8)2/h5-6,9,11H,3-4,10H2,1-2H3. The first-order valence-electron chi connectivity index (χ1n) is 4.29. The molecular weight excluding hydrogens is 168 g/mol. The van der Waals surface area contributed by atoms with Gasteiger partial charge in [0, 0.05) is 10.9 Å². The van der Waals surface area contributed by atoms with Crippen LogP contribution in [0.4, 0.5) is 0 Å². The molecule has 0 saturated carbocycles. The van der Waals surface area contributed by atoms with Gasteiger partial charge in [-0.05, 0) is 30.4 Å². The van der Waals surface area contributed by atoms with Crippen LogP contribution in [0.3, 0.4) is 0 Å². The predicted octanol–water partition coefficient (Wildman–Crippen LogP) is 2.36. The Hall–Kier alpha value is -0.380. The molecule has 68 valence electrons. The zero-order chi connectivity index (χ0) is 8.97. The summed E-state index contributed by atoms with van der Waals surface area (Å²) in [6.45, 7) is 4.31. The van der Waals surface area contributed by atoms with Crippen molar-refractivity contribution in [3.05, 3.63) is 21.9 Å². The van der Waals surface area contributed by atoms with Crippen molar-refractivity contribution in [2.24, 2.45) is 5.84 Å². The third-order valence-electron chi connectivity index (χ3n) is 2.05. The fourth-order valence-electron chi connectivity index (χ4n) is 1.37. The highest BCUT2D eigenvalue weighted by atomic mass is 32.1. The molecule has 1 rings (SSSR count). The summed E-state index contributed by atoms with van der Waals surface area (Å²) in [5.74, 6) is 5.47. The maximum absolute atomic E-state index is 5.47. The first-order chi connectivity index (χ1) is 5.79. The third-order valence-corrected chi connectivity index (χ3v) is 2.91. The number of hydrogen-bond acceptors (Lipinski definition) is 3. The van der Waals surface area contributed by atoms with E-state index in [0.29, 0.717) is 6.04 Å². The summed E-state index contributed by atoms with van der Waals surface area (Å²) in [4.78, 5) is 1.37. The normalized spacial score (nSPS) is 13.2. The van der Waals surface area contributed by atoms with E-state index in [1.54, 1.807) is 11.3 Å². The molecule has 1 aromatic rings. The summed E-state index contributed by atoms with van der Waals surface area (Å²) in [6.07, 6.45) is 2.26. The van der Waals surface area contributed by atoms with Gasteiger partial charge in [0.25, 0.3) is 0 Å². The highest BCUT2D eigenvalue weighted by molar-refractivity contribution is 7.10. The van der Waals surface area contributed by atoms with Crippen LogP contribution in [0.2, 0.25) is 0 Å². The number of nitrogens with one attached hydrogen (secondary N) is 1. The second-order valence-corrected chi connectivity index (χ2v) is 4.06. The Balaban J connectivity index is 2.72. The monoisotopic (exact) mass is 184 g/mol. The van der Waals surface area contributed by atoms with Crippen LogP contribution in [0.25, 0.3) is 0 Å². The van der Waals surface area contributed by atoms with E-state index in [4.69, 9.17) is 5.84 Å². The Morgan fingerprint density at radius 2 is 2.42 bits per heavy atom. The van der Waals surface area contributed by atoms with Crippen molar-refractivity contribution in [3.63, 3.8) is 0 Å². The van der Waals surface area contributed by atoms with Gasteiger partial charge >= 0.3 is 0 Å². The zero-order valence-corrected chi connectivity index (χ0v) is 8.45. The number of rotatable bonds is 4. The van der Waals surface area contributed by atoms with Crippen LogP contribution in [0.1, 0.15) is 36.2 Å². The lowest BCUT2D eigenvalue weighted by Gasteiger charge is -2.14. The van der Waals surface area contributed by atoms with Crippen molar-refractivity contribution in [3.8, 4) is 0 Å². The summed E-state index contributed by atoms with van der Waals surface area (Å²) in [5, 5.41) is 2.12. The Labute approximate surface area is 77.8 Å². The Kier molecular flexibility index (Phi) is 3.72. The van der Waals surface area contributed by atoms with Crippen molar-refractivity contribution in [1.82, 2.24) is 5.43 Å². The van der Waals surface area contributed by atoms with Gasteiger partial charge in [-0.15, -0.1) is 11.3 Å². The van der Waals surface area contributed by atoms with E-state index in [1.165, 1.54) is 10.4 Å². The molecule has 12 heavy (non-hydrogen) atoms. The second-order valence-electron chi connectivity index (χ2n) is 2.94. The zero-order valence-electron chi connectivity index (χ0n) is 7.63. The van der Waals surface area contributed by atoms with Crippen molar-refractivity contribution < 1.29 is 0 Å². The van der Waals surface area contributed by atoms with Gasteiger partial charge in [-0.1, -0.05) is 13.3 Å². The van der Waals surface area contributed by atoms with Gasteiger partial charge in [0.1, 0.15) is 0 Å². The lowest BCUT2D eigenvalue weighted by molar-refractivity contribution is 0.509. The highest BCUT2D eigenvalue weighted by Gasteiger charge is 2.10. The molecule has 0 radical (unpaired) electrons. The Morgan fingerprint density at radius 3 is 2.83 bits per heavy atom. The molecule has 0 aliphatic rings. The number of thiophene rings is 1. The topological polar surface area (TPSA) is 38.0 Å². The molecule has 0 saturated heterocycles. The molecule has 0 aliphatic carbocycles. The van der Waals surface area contributed by atoms with Crippen LogP contribution in [-0.4, -0.2) is 0 Å². The third kappa shape index (κ3) is 2.06. The SMILES string of the molecule is CCCC(NN)c1ccsc1C. The molecule has 0 amide bonds. The van der Waals surface area contributed by atoms with E-state index in [2.05, 4.69) is 30.7 Å². The number of nitrogens with two attached hydrogens (primary N) is 1. The van der Waals surface area contributed by atoms with Crippen LogP contribution >= 0.6 is 11.3 Å². The smallest absolute Gasteiger partial charge is 0.0470 e. The van der Waals surface area contributed by atoms with E-state index in [-0.39, 0.29) is 0 Å². The van der Waals surface area contributed by atoms with E-state index in [1.807, 2.05) is 0 Å². The quantitative estimate of drug-likeness (QED) is 0.557. The molecule has 1 aromatic heterocycles. The molecular formula is C9H16N2S. The van der Waals surface area contributed by atoms with E-state index < -0.39 is 0 Å². The predicted molar refractivity (Wildman–Crippen MR) is 54.0 cm³/mol. The lowest BCUT2D eigenvalue weighted by Crippen LogP contribution is -2.27. The summed E-state index contributed by atoms with van der Waals surface area (Å²) in [7, 11) is 0.